The number of aryl methyl sites for hydroxylation is 1. The van der Waals surface area contributed by atoms with Gasteiger partial charge >= 0.3 is 0 Å². The first-order valence-corrected chi connectivity index (χ1v) is 6.23. The molecule has 0 bridgehead atoms. The molecule has 7 heteroatoms. The van der Waals surface area contributed by atoms with E-state index in [9.17, 15) is 8.42 Å². The van der Waals surface area contributed by atoms with Gasteiger partial charge in [0.1, 0.15) is 0 Å². The maximum atomic E-state index is 11.0. The van der Waals surface area contributed by atoms with Gasteiger partial charge in [0.15, 0.2) is 5.03 Å². The fraction of sp³-hybridized carbons (Fsp3) is 0.400. The molecule has 12 heavy (non-hydrogen) atoms. The molecule has 0 amide bonds. The zero-order valence-corrected chi connectivity index (χ0v) is 9.32. The van der Waals surface area contributed by atoms with Gasteiger partial charge in [0, 0.05) is 17.2 Å². The van der Waals surface area contributed by atoms with Gasteiger partial charge in [-0.2, -0.15) is 5.10 Å². The maximum Gasteiger partial charge on any atom is 0.279 e. The van der Waals surface area contributed by atoms with Crippen LogP contribution in [0.25, 0.3) is 0 Å². The molecule has 4 nitrogen and oxygen atoms in total. The van der Waals surface area contributed by atoms with Crippen molar-refractivity contribution in [3.8, 4) is 0 Å². The number of hydrogen-bond acceptors (Lipinski definition) is 3. The lowest BCUT2D eigenvalue weighted by atomic mass is 10.7. The van der Waals surface area contributed by atoms with Gasteiger partial charge in [-0.05, 0) is 22.9 Å². The number of nitrogens with zero attached hydrogens (tertiary/aromatic N) is 2. The summed E-state index contributed by atoms with van der Waals surface area (Å²) in [7, 11) is 1.46. The van der Waals surface area contributed by atoms with Crippen LogP contribution >= 0.6 is 26.6 Å². The van der Waals surface area contributed by atoms with E-state index >= 15 is 0 Å². The van der Waals surface area contributed by atoms with Crippen LogP contribution < -0.4 is 0 Å². The minimum atomic E-state index is -3.71. The molecule has 0 spiro atoms. The van der Waals surface area contributed by atoms with Crippen molar-refractivity contribution in [2.75, 3.05) is 0 Å². The Bertz CT molecular complexity index is 386. The third-order valence-corrected chi connectivity index (χ3v) is 3.45. The van der Waals surface area contributed by atoms with Crippen molar-refractivity contribution in [1.82, 2.24) is 9.78 Å². The number of hydrogen-bond donors (Lipinski definition) is 0. The summed E-state index contributed by atoms with van der Waals surface area (Å²) in [4.78, 5) is 0. The van der Waals surface area contributed by atoms with E-state index in [1.807, 2.05) is 0 Å². The van der Waals surface area contributed by atoms with Crippen molar-refractivity contribution in [2.45, 2.75) is 18.5 Å². The molecule has 0 aliphatic heterocycles. The van der Waals surface area contributed by atoms with Gasteiger partial charge in [-0.15, -0.1) is 0 Å². The first kappa shape index (κ1) is 10.0. The van der Waals surface area contributed by atoms with Crippen LogP contribution in [0.2, 0.25) is 0 Å². The largest absolute Gasteiger partial charge is 0.279 e. The predicted octanol–water partition coefficient (Wildman–Crippen LogP) is 1.59. The highest BCUT2D eigenvalue weighted by Gasteiger charge is 2.20. The molecule has 1 rings (SSSR count). The molecular weight excluding hydrogens is 267 g/mol. The average molecular weight is 274 g/mol. The third kappa shape index (κ3) is 1.81. The quantitative estimate of drug-likeness (QED) is 0.769. The summed E-state index contributed by atoms with van der Waals surface area (Å²) in [6.07, 6.45) is 1.40. The van der Waals surface area contributed by atoms with Crippen LogP contribution in [-0.4, -0.2) is 18.2 Å². The minimum absolute atomic E-state index is 0.00617. The molecule has 0 unspecified atom stereocenters. The second kappa shape index (κ2) is 3.35. The summed E-state index contributed by atoms with van der Waals surface area (Å²) in [6.45, 7) is 2.25. The van der Waals surface area contributed by atoms with Crippen molar-refractivity contribution in [2.24, 2.45) is 0 Å². The topological polar surface area (TPSA) is 52.0 Å². The fourth-order valence-electron chi connectivity index (χ4n) is 0.819. The number of aromatic nitrogens is 2. The standard InChI is InChI=1S/C5H6BrClN2O2S/c1-2-9-5(12(7,10)11)4(6)3-8-9/h3H,2H2,1H3. The molecule has 0 aliphatic rings. The predicted molar refractivity (Wildman–Crippen MR) is 48.6 cm³/mol. The van der Waals surface area contributed by atoms with Crippen LogP contribution in [0.4, 0.5) is 0 Å². The summed E-state index contributed by atoms with van der Waals surface area (Å²) >= 11 is 3.05. The molecule has 0 N–H and O–H groups in total. The fourth-order valence-corrected chi connectivity index (χ4v) is 3.24. The van der Waals surface area contributed by atoms with E-state index in [-0.39, 0.29) is 5.03 Å². The molecule has 1 aromatic rings. The molecular formula is C5H6BrClN2O2S. The van der Waals surface area contributed by atoms with Crippen molar-refractivity contribution >= 4 is 35.7 Å². The number of rotatable bonds is 2. The summed E-state index contributed by atoms with van der Waals surface area (Å²) in [5.74, 6) is 0. The van der Waals surface area contributed by atoms with E-state index in [0.717, 1.165) is 0 Å². The van der Waals surface area contributed by atoms with E-state index < -0.39 is 9.05 Å². The highest BCUT2D eigenvalue weighted by atomic mass is 79.9. The number of halogens is 2. The van der Waals surface area contributed by atoms with Crippen molar-refractivity contribution in [1.29, 1.82) is 0 Å². The lowest BCUT2D eigenvalue weighted by Gasteiger charge is -1.99. The Morgan fingerprint density at radius 3 is 2.67 bits per heavy atom. The summed E-state index contributed by atoms with van der Waals surface area (Å²) in [5, 5.41) is 3.81. The van der Waals surface area contributed by atoms with Crippen LogP contribution in [0.1, 0.15) is 6.92 Å². The van der Waals surface area contributed by atoms with Gasteiger partial charge in [0.2, 0.25) is 0 Å². The molecule has 0 aliphatic carbocycles. The van der Waals surface area contributed by atoms with E-state index in [4.69, 9.17) is 10.7 Å². The van der Waals surface area contributed by atoms with Crippen LogP contribution in [0.3, 0.4) is 0 Å². The van der Waals surface area contributed by atoms with Gasteiger partial charge in [0.05, 0.1) is 10.7 Å². The Morgan fingerprint density at radius 1 is 1.75 bits per heavy atom. The lowest BCUT2D eigenvalue weighted by Crippen LogP contribution is -2.05. The molecule has 0 saturated heterocycles. The normalized spacial score (nSPS) is 11.9. The lowest BCUT2D eigenvalue weighted by molar-refractivity contribution is 0.563. The molecule has 0 radical (unpaired) electrons. The molecule has 1 heterocycles. The Balaban J connectivity index is 3.39. The summed E-state index contributed by atoms with van der Waals surface area (Å²) in [5.41, 5.74) is 0. The molecule has 0 fully saturated rings. The summed E-state index contributed by atoms with van der Waals surface area (Å²) < 4.78 is 23.6. The first-order valence-electron chi connectivity index (χ1n) is 3.12. The van der Waals surface area contributed by atoms with Crippen LogP contribution in [0.5, 0.6) is 0 Å². The van der Waals surface area contributed by atoms with Crippen LogP contribution in [-0.2, 0) is 15.6 Å². The SMILES string of the molecule is CCn1ncc(Br)c1S(=O)(=O)Cl. The molecule has 1 aromatic heterocycles. The molecule has 0 saturated carbocycles. The average Bonchev–Trinajstić information content (AvgIpc) is 2.29. The Hall–Kier alpha value is -0.0700. The highest BCUT2D eigenvalue weighted by Crippen LogP contribution is 2.24. The second-order valence-electron chi connectivity index (χ2n) is 2.05. The third-order valence-electron chi connectivity index (χ3n) is 1.28. The van der Waals surface area contributed by atoms with E-state index in [1.54, 1.807) is 6.92 Å². The first-order chi connectivity index (χ1) is 5.46. The zero-order chi connectivity index (χ0) is 9.35. The van der Waals surface area contributed by atoms with Gasteiger partial charge < -0.3 is 0 Å². The van der Waals surface area contributed by atoms with E-state index in [2.05, 4.69) is 21.0 Å². The smallest absolute Gasteiger partial charge is 0.252 e. The van der Waals surface area contributed by atoms with Crippen molar-refractivity contribution < 1.29 is 8.42 Å². The van der Waals surface area contributed by atoms with Crippen LogP contribution in [0, 0.1) is 0 Å². The van der Waals surface area contributed by atoms with Gasteiger partial charge in [-0.3, -0.25) is 4.68 Å². The van der Waals surface area contributed by atoms with Crippen molar-refractivity contribution in [3.05, 3.63) is 10.7 Å². The highest BCUT2D eigenvalue weighted by molar-refractivity contribution is 9.10. The maximum absolute atomic E-state index is 11.0. The molecule has 0 atom stereocenters. The monoisotopic (exact) mass is 272 g/mol. The Kier molecular flexibility index (Phi) is 2.80. The zero-order valence-electron chi connectivity index (χ0n) is 6.16. The van der Waals surface area contributed by atoms with Gasteiger partial charge in [-0.1, -0.05) is 0 Å². The second-order valence-corrected chi connectivity index (χ2v) is 5.39. The minimum Gasteiger partial charge on any atom is -0.252 e. The summed E-state index contributed by atoms with van der Waals surface area (Å²) in [6, 6.07) is 0. The molecule has 0 aromatic carbocycles. The van der Waals surface area contributed by atoms with Gasteiger partial charge in [0.25, 0.3) is 9.05 Å². The van der Waals surface area contributed by atoms with Crippen LogP contribution in [0.15, 0.2) is 15.7 Å². The Morgan fingerprint density at radius 2 is 2.33 bits per heavy atom. The van der Waals surface area contributed by atoms with E-state index in [0.29, 0.717) is 11.0 Å². The van der Waals surface area contributed by atoms with E-state index in [1.165, 1.54) is 10.9 Å². The molecule has 68 valence electrons. The van der Waals surface area contributed by atoms with Gasteiger partial charge in [-0.25, -0.2) is 8.42 Å². The Labute approximate surface area is 83.1 Å². The van der Waals surface area contributed by atoms with Crippen molar-refractivity contribution in [3.63, 3.8) is 0 Å².